The van der Waals surface area contributed by atoms with Gasteiger partial charge in [0, 0.05) is 10.0 Å². The topological polar surface area (TPSA) is 102 Å². The van der Waals surface area contributed by atoms with E-state index in [9.17, 15) is 20.1 Å². The molecule has 0 aromatic heterocycles. The van der Waals surface area contributed by atoms with Gasteiger partial charge >= 0.3 is 0 Å². The lowest BCUT2D eigenvalue weighted by atomic mass is 10.0. The minimum Gasteiger partial charge on any atom is -0.376 e. The summed E-state index contributed by atoms with van der Waals surface area (Å²) < 4.78 is 6.08. The number of hydrogen-bond acceptors (Lipinski definition) is 6. The highest BCUT2D eigenvalue weighted by Gasteiger charge is 2.39. The first-order valence-electron chi connectivity index (χ1n) is 7.75. The van der Waals surface area contributed by atoms with E-state index in [4.69, 9.17) is 4.74 Å². The maximum Gasteiger partial charge on any atom is 0.251 e. The number of aliphatic hydroxyl groups excluding tert-OH is 2. The summed E-state index contributed by atoms with van der Waals surface area (Å²) in [6.07, 6.45) is -2.73. The number of benzene rings is 1. The third-order valence-electron chi connectivity index (χ3n) is 4.08. The summed E-state index contributed by atoms with van der Waals surface area (Å²) in [4.78, 5) is 13.9. The highest BCUT2D eigenvalue weighted by atomic mass is 79.9. The van der Waals surface area contributed by atoms with Crippen molar-refractivity contribution in [3.05, 3.63) is 34.3 Å². The Labute approximate surface area is 149 Å². The lowest BCUT2D eigenvalue weighted by molar-refractivity contribution is -0.130. The molecule has 8 heteroatoms. The lowest BCUT2D eigenvalue weighted by Crippen LogP contribution is -2.57. The fourth-order valence-electron chi connectivity index (χ4n) is 2.63. The number of nitrogens with zero attached hydrogens (tertiary/aromatic N) is 1. The number of halogens is 1. The monoisotopic (exact) mass is 402 g/mol. The minimum absolute atomic E-state index is 0.0703. The maximum atomic E-state index is 12.4. The molecule has 4 N–H and O–H groups in total. The first kappa shape index (κ1) is 19.3. The van der Waals surface area contributed by atoms with E-state index in [1.165, 1.54) is 4.90 Å². The number of carbonyl (C=O) groups is 1. The molecule has 24 heavy (non-hydrogen) atoms. The van der Waals surface area contributed by atoms with Crippen molar-refractivity contribution in [1.82, 2.24) is 10.2 Å². The molecule has 1 amide bonds. The second kappa shape index (κ2) is 8.37. The van der Waals surface area contributed by atoms with Crippen molar-refractivity contribution < 1.29 is 24.9 Å². The molecule has 134 valence electrons. The van der Waals surface area contributed by atoms with Crippen molar-refractivity contribution in [2.45, 2.75) is 38.4 Å². The Morgan fingerprint density at radius 3 is 2.46 bits per heavy atom. The average molecular weight is 403 g/mol. The van der Waals surface area contributed by atoms with E-state index in [0.29, 0.717) is 5.56 Å². The van der Waals surface area contributed by atoms with Crippen LogP contribution >= 0.6 is 15.9 Å². The standard InChI is InChI=1S/C16H23BrN2O5/c1-9(2)13(15(21)19-8-24-7-12(19)16(22)23)18-14(20)10-3-5-11(17)6-4-10/h3-6,9,12-13,15-16,21-23H,7-8H2,1-2H3,(H,18,20)/t12-,13-,15?/m0/s1. The van der Waals surface area contributed by atoms with Gasteiger partial charge in [0.1, 0.15) is 13.0 Å². The number of aliphatic hydroxyl groups is 3. The van der Waals surface area contributed by atoms with Gasteiger partial charge in [0.15, 0.2) is 6.29 Å². The van der Waals surface area contributed by atoms with E-state index >= 15 is 0 Å². The molecule has 0 saturated carbocycles. The van der Waals surface area contributed by atoms with Crippen LogP contribution in [0.2, 0.25) is 0 Å². The van der Waals surface area contributed by atoms with E-state index in [0.717, 1.165) is 4.47 Å². The molecule has 1 aromatic carbocycles. The predicted octanol–water partition coefficient (Wildman–Crippen LogP) is 0.491. The molecule has 0 radical (unpaired) electrons. The van der Waals surface area contributed by atoms with Crippen LogP contribution in [-0.4, -0.2) is 64.1 Å². The molecule has 2 rings (SSSR count). The van der Waals surface area contributed by atoms with Gasteiger partial charge in [-0.2, -0.15) is 0 Å². The first-order valence-corrected chi connectivity index (χ1v) is 8.54. The number of nitrogens with one attached hydrogen (secondary N) is 1. The summed E-state index contributed by atoms with van der Waals surface area (Å²) in [6, 6.07) is 5.57. The van der Waals surface area contributed by atoms with Gasteiger partial charge in [-0.3, -0.25) is 4.79 Å². The van der Waals surface area contributed by atoms with Crippen LogP contribution < -0.4 is 5.32 Å². The summed E-state index contributed by atoms with van der Waals surface area (Å²) in [6.45, 7) is 3.93. The molecule has 1 aromatic rings. The summed E-state index contributed by atoms with van der Waals surface area (Å²) >= 11 is 3.32. The zero-order chi connectivity index (χ0) is 17.9. The summed E-state index contributed by atoms with van der Waals surface area (Å²) in [5.41, 5.74) is 0.479. The molecule has 1 unspecified atom stereocenters. The zero-order valence-electron chi connectivity index (χ0n) is 13.6. The van der Waals surface area contributed by atoms with E-state index in [1.54, 1.807) is 24.3 Å². The Kier molecular flexibility index (Phi) is 6.73. The van der Waals surface area contributed by atoms with Crippen LogP contribution in [0.3, 0.4) is 0 Å². The van der Waals surface area contributed by atoms with Crippen molar-refractivity contribution in [3.8, 4) is 0 Å². The van der Waals surface area contributed by atoms with Gasteiger partial charge in [-0.15, -0.1) is 0 Å². The Morgan fingerprint density at radius 2 is 1.92 bits per heavy atom. The van der Waals surface area contributed by atoms with Gasteiger partial charge < -0.3 is 25.4 Å². The van der Waals surface area contributed by atoms with Crippen LogP contribution in [0.4, 0.5) is 0 Å². The average Bonchev–Trinajstić information content (AvgIpc) is 3.02. The Hall–Kier alpha value is -1.03. The third-order valence-corrected chi connectivity index (χ3v) is 4.61. The molecule has 1 aliphatic rings. The Morgan fingerprint density at radius 1 is 1.29 bits per heavy atom. The van der Waals surface area contributed by atoms with Crippen LogP contribution in [0.15, 0.2) is 28.7 Å². The van der Waals surface area contributed by atoms with Crippen LogP contribution in [0, 0.1) is 5.92 Å². The van der Waals surface area contributed by atoms with Gasteiger partial charge in [0.25, 0.3) is 5.91 Å². The molecule has 1 saturated heterocycles. The van der Waals surface area contributed by atoms with E-state index in [2.05, 4.69) is 21.2 Å². The van der Waals surface area contributed by atoms with Crippen LogP contribution in [0.5, 0.6) is 0 Å². The van der Waals surface area contributed by atoms with Crippen molar-refractivity contribution in [2.75, 3.05) is 13.3 Å². The van der Waals surface area contributed by atoms with Crippen LogP contribution in [0.25, 0.3) is 0 Å². The second-order valence-electron chi connectivity index (χ2n) is 6.16. The van der Waals surface area contributed by atoms with Crippen molar-refractivity contribution in [1.29, 1.82) is 0 Å². The molecule has 1 aliphatic heterocycles. The quantitative estimate of drug-likeness (QED) is 0.516. The number of amides is 1. The van der Waals surface area contributed by atoms with E-state index in [-0.39, 0.29) is 25.2 Å². The third kappa shape index (κ3) is 4.53. The molecular weight excluding hydrogens is 380 g/mol. The Bertz CT molecular complexity index is 552. The number of carbonyl (C=O) groups excluding carboxylic acids is 1. The van der Waals surface area contributed by atoms with E-state index < -0.39 is 24.6 Å². The first-order chi connectivity index (χ1) is 11.3. The van der Waals surface area contributed by atoms with Gasteiger partial charge in [0.2, 0.25) is 0 Å². The fraction of sp³-hybridized carbons (Fsp3) is 0.562. The fourth-order valence-corrected chi connectivity index (χ4v) is 2.89. The normalized spacial score (nSPS) is 21.2. The van der Waals surface area contributed by atoms with Crippen LogP contribution in [-0.2, 0) is 4.74 Å². The second-order valence-corrected chi connectivity index (χ2v) is 7.07. The summed E-state index contributed by atoms with van der Waals surface area (Å²) in [5.74, 6) is -0.377. The van der Waals surface area contributed by atoms with E-state index in [1.807, 2.05) is 13.8 Å². The number of rotatable bonds is 6. The van der Waals surface area contributed by atoms with Crippen molar-refractivity contribution in [3.63, 3.8) is 0 Å². The molecule has 0 bridgehead atoms. The SMILES string of the molecule is CC(C)[C@H](NC(=O)c1ccc(Br)cc1)C(O)N1COC[C@H]1C(O)O. The van der Waals surface area contributed by atoms with Crippen molar-refractivity contribution in [2.24, 2.45) is 5.92 Å². The molecule has 1 heterocycles. The van der Waals surface area contributed by atoms with Gasteiger partial charge in [-0.05, 0) is 30.2 Å². The molecule has 3 atom stereocenters. The van der Waals surface area contributed by atoms with Crippen molar-refractivity contribution >= 4 is 21.8 Å². The summed E-state index contributed by atoms with van der Waals surface area (Å²) in [5, 5.41) is 32.3. The lowest BCUT2D eigenvalue weighted by Gasteiger charge is -2.36. The number of ether oxygens (including phenoxy) is 1. The maximum absolute atomic E-state index is 12.4. The smallest absolute Gasteiger partial charge is 0.251 e. The largest absolute Gasteiger partial charge is 0.376 e. The molecule has 0 spiro atoms. The number of hydrogen-bond donors (Lipinski definition) is 4. The molecule has 7 nitrogen and oxygen atoms in total. The molecular formula is C16H23BrN2O5. The predicted molar refractivity (Wildman–Crippen MR) is 90.9 cm³/mol. The molecule has 1 fully saturated rings. The van der Waals surface area contributed by atoms with Gasteiger partial charge in [-0.25, -0.2) is 4.90 Å². The zero-order valence-corrected chi connectivity index (χ0v) is 15.2. The minimum atomic E-state index is -1.63. The summed E-state index contributed by atoms with van der Waals surface area (Å²) in [7, 11) is 0. The highest BCUT2D eigenvalue weighted by molar-refractivity contribution is 9.10. The van der Waals surface area contributed by atoms with Gasteiger partial charge in [0.05, 0.1) is 18.7 Å². The van der Waals surface area contributed by atoms with Gasteiger partial charge in [-0.1, -0.05) is 29.8 Å². The Balaban J connectivity index is 2.11. The molecule has 0 aliphatic carbocycles. The van der Waals surface area contributed by atoms with Crippen LogP contribution in [0.1, 0.15) is 24.2 Å². The highest BCUT2D eigenvalue weighted by Crippen LogP contribution is 2.20.